The van der Waals surface area contributed by atoms with Gasteiger partial charge < -0.3 is 135 Å². The number of likely N-dealkylation sites (N-methyl/N-ethyl adjacent to an activating group) is 3. The average Bonchev–Trinajstić information content (AvgIpc) is 1.65. The van der Waals surface area contributed by atoms with E-state index in [1.165, 1.54) is 64.7 Å². The number of para-hydroxylation sites is 2. The van der Waals surface area contributed by atoms with Crippen LogP contribution in [-0.2, 0) is 123 Å². The third-order valence-corrected chi connectivity index (χ3v) is 25.5. The first-order valence-electron chi connectivity index (χ1n) is 45.4. The van der Waals surface area contributed by atoms with Crippen LogP contribution in [0.4, 0.5) is 0 Å². The van der Waals surface area contributed by atoms with Gasteiger partial charge in [-0.15, -0.1) is 11.8 Å². The van der Waals surface area contributed by atoms with Crippen molar-refractivity contribution in [1.82, 2.24) is 97.2 Å². The molecule has 3 aliphatic heterocycles. The molecule has 0 spiro atoms. The lowest BCUT2D eigenvalue weighted by molar-refractivity contribution is -0.149. The van der Waals surface area contributed by atoms with Crippen LogP contribution in [0, 0.1) is 0 Å². The minimum absolute atomic E-state index is 0.0767. The first-order valence-corrected chi connectivity index (χ1v) is 46.6. The standard InChI is InChI=1S/C91H124N22O24S/c1-9-11-21-68-83(128)107-77(49(4)115)86(131)106-66(79(124)97-40-74(94)119)45-138-46-75(120)99-62(32-50-25-27-55(137-8)28-26-50)87(132)108(5)48(3)78(123)103-64(37-73(93)118)90(135)112-31-17-24-69(112)84(129)102-61(35-53-39-95-47-98-53)81(126)100-59(29-30-72(92)117)89(134)113-42-54(116)36-71(113)85(130)101-60(33-51-38-96-58-20-15-13-18-56(51)58)80(125)105-65(44-114)82(127)104-63(88(133)110(7)70(22-12-10-2)91(136)109(68)6)34-52-41-111(43-76(121)122)67-23-16-14-19-57(52)67/h13-16,18-20,23,25-28,38-39,41,47-49,54,59-66,68-71,77,96,114-116H,9-12,17,21-22,24,29-37,40,42-46H2,1-8H3,(H2,92,117)(H2,93,118)(H2,94,119)(H,95,98)(H,97,124)(H,99,120)(H,100,126)(H,101,130)(H,102,129)(H,103,123)(H,104,127)(H,105,125)(H,106,131)(H,107,128)(H,121,122)/t48-,49?,54+,59-,60-,61-,62-,63-,64+,65-,66-,68-,69-,70-,71-,77-/m0/s1. The zero-order valence-corrected chi connectivity index (χ0v) is 78.8. The molecule has 16 atom stereocenters. The number of carboxylic acid groups (broad SMARTS) is 1. The molecular formula is C91H124N22O24S. The van der Waals surface area contributed by atoms with Gasteiger partial charge in [-0.05, 0) is 86.9 Å². The van der Waals surface area contributed by atoms with E-state index < -0.39 is 292 Å². The highest BCUT2D eigenvalue weighted by Gasteiger charge is 2.47. The lowest BCUT2D eigenvalue weighted by Crippen LogP contribution is -2.62. The molecule has 46 nitrogen and oxygen atoms in total. The van der Waals surface area contributed by atoms with Gasteiger partial charge >= 0.3 is 5.97 Å². The van der Waals surface area contributed by atoms with Crippen LogP contribution in [0.3, 0.4) is 0 Å². The van der Waals surface area contributed by atoms with E-state index in [4.69, 9.17) is 21.9 Å². The number of hydrogen-bond donors (Lipinski definition) is 19. The Hall–Kier alpha value is -14.1. The molecule has 1 unspecified atom stereocenters. The van der Waals surface area contributed by atoms with E-state index in [9.17, 15) is 73.2 Å². The van der Waals surface area contributed by atoms with Gasteiger partial charge in [0.1, 0.15) is 96.9 Å². The van der Waals surface area contributed by atoms with E-state index in [-0.39, 0.29) is 62.7 Å². The number of primary amides is 3. The second-order valence-corrected chi connectivity index (χ2v) is 35.6. The number of ether oxygens (including phenoxy) is 1. The summed E-state index contributed by atoms with van der Waals surface area (Å²) in [5.74, 6) is -20.6. The molecule has 3 saturated heterocycles. The Bertz CT molecular complexity index is 5400. The number of nitrogens with two attached hydrogens (primary N) is 3. The molecule has 18 amide bonds. The van der Waals surface area contributed by atoms with Crippen molar-refractivity contribution in [3.63, 3.8) is 0 Å². The molecule has 22 N–H and O–H groups in total. The van der Waals surface area contributed by atoms with Crippen LogP contribution in [0.2, 0.25) is 0 Å². The fourth-order valence-electron chi connectivity index (χ4n) is 16.8. The highest BCUT2D eigenvalue weighted by molar-refractivity contribution is 8.00. The largest absolute Gasteiger partial charge is 0.497 e. The molecule has 3 aliphatic rings. The summed E-state index contributed by atoms with van der Waals surface area (Å²) >= 11 is 0.719. The number of thioether (sulfide) groups is 1. The number of aliphatic hydroxyl groups excluding tert-OH is 3. The molecule has 0 bridgehead atoms. The van der Waals surface area contributed by atoms with E-state index >= 15 is 38.4 Å². The summed E-state index contributed by atoms with van der Waals surface area (Å²) in [7, 11) is 5.14. The number of carbonyl (C=O) groups is 19. The highest BCUT2D eigenvalue weighted by Crippen LogP contribution is 2.29. The Morgan fingerprint density at radius 1 is 0.587 bits per heavy atom. The average molecular weight is 1940 g/mol. The number of aliphatic hydroxyl groups is 3. The number of carboxylic acids is 1. The first kappa shape index (κ1) is 108. The number of nitrogens with one attached hydrogen (secondary N) is 12. The van der Waals surface area contributed by atoms with Crippen molar-refractivity contribution in [2.75, 3.05) is 66.0 Å². The molecule has 138 heavy (non-hydrogen) atoms. The second kappa shape index (κ2) is 50.6. The molecular weight excluding hydrogens is 1820 g/mol. The molecule has 6 heterocycles. The number of methoxy groups -OCH3 is 1. The zero-order chi connectivity index (χ0) is 101. The third-order valence-electron chi connectivity index (χ3n) is 24.5. The maximum Gasteiger partial charge on any atom is 0.323 e. The Kier molecular flexibility index (Phi) is 39.5. The van der Waals surface area contributed by atoms with Crippen molar-refractivity contribution in [1.29, 1.82) is 0 Å². The van der Waals surface area contributed by atoms with Gasteiger partial charge in [-0.2, -0.15) is 0 Å². The maximum atomic E-state index is 15.8. The van der Waals surface area contributed by atoms with Gasteiger partial charge in [0, 0.05) is 119 Å². The number of carbonyl (C=O) groups excluding carboxylic acids is 18. The Morgan fingerprint density at radius 3 is 1.80 bits per heavy atom. The predicted octanol–water partition coefficient (Wildman–Crippen LogP) is -4.73. The van der Waals surface area contributed by atoms with E-state index in [0.29, 0.717) is 51.5 Å². The Labute approximate surface area is 798 Å². The molecule has 3 aromatic heterocycles. The van der Waals surface area contributed by atoms with Crippen molar-refractivity contribution < 1.29 is 116 Å². The summed E-state index contributed by atoms with van der Waals surface area (Å²) in [4.78, 5) is 290. The molecule has 3 fully saturated rings. The van der Waals surface area contributed by atoms with Crippen LogP contribution >= 0.6 is 11.8 Å². The van der Waals surface area contributed by atoms with Gasteiger partial charge in [-0.1, -0.05) is 88.1 Å². The van der Waals surface area contributed by atoms with Crippen molar-refractivity contribution in [2.45, 2.75) is 234 Å². The fourth-order valence-corrected chi connectivity index (χ4v) is 17.7. The van der Waals surface area contributed by atoms with Gasteiger partial charge in [-0.25, -0.2) is 4.98 Å². The number of benzene rings is 3. The van der Waals surface area contributed by atoms with Crippen molar-refractivity contribution in [2.24, 2.45) is 17.2 Å². The summed E-state index contributed by atoms with van der Waals surface area (Å²) in [6.07, 6.45) is -0.481. The monoisotopic (exact) mass is 1940 g/mol. The van der Waals surface area contributed by atoms with Gasteiger partial charge in [0.25, 0.3) is 0 Å². The predicted molar refractivity (Wildman–Crippen MR) is 497 cm³/mol. The van der Waals surface area contributed by atoms with Crippen molar-refractivity contribution >= 4 is 146 Å². The van der Waals surface area contributed by atoms with Crippen LogP contribution in [0.25, 0.3) is 21.8 Å². The number of H-pyrrole nitrogens is 2. The minimum atomic E-state index is -2.01. The molecule has 0 aliphatic carbocycles. The number of aromatic nitrogens is 4. The Morgan fingerprint density at radius 2 is 1.17 bits per heavy atom. The SMILES string of the molecule is CCCC[C@H]1C(=O)N(C)[C@@H](CCCC)C(=O)N[C@@H](C(C)O)C(=O)N[C@H](C(=O)NCC(N)=O)CSCC(=O)N[C@@H](Cc2ccc(OC)cc2)C(=O)N(C)[C@@H](C)C(=O)N[C@H](CC(N)=O)C(=O)N2CCC[C@H]2C(=O)N[C@@H](Cc2c[nH]cn2)C(=O)N[C@@H](CCC(N)=O)C(=O)N2C[C@H](O)C[C@H]2C(=O)N[C@@H](Cc2c[nH]c3ccccc23)C(=O)N[C@@H](CO)C(=O)N[C@@H](Cc2cn(CC(=O)O)c3ccccc23)C(=O)N1C. The molecule has 748 valence electrons. The van der Waals surface area contributed by atoms with E-state index in [1.807, 2.05) is 0 Å². The maximum absolute atomic E-state index is 15.8. The molecule has 9 rings (SSSR count). The highest BCUT2D eigenvalue weighted by atomic mass is 32.2. The lowest BCUT2D eigenvalue weighted by Gasteiger charge is -2.36. The summed E-state index contributed by atoms with van der Waals surface area (Å²) < 4.78 is 6.71. The molecule has 47 heteroatoms. The number of nitrogens with zero attached hydrogens (tertiary/aromatic N) is 7. The molecule has 3 aromatic carbocycles. The van der Waals surface area contributed by atoms with Crippen LogP contribution in [0.5, 0.6) is 5.75 Å². The van der Waals surface area contributed by atoms with Gasteiger partial charge in [-0.3, -0.25) is 91.1 Å². The van der Waals surface area contributed by atoms with E-state index in [2.05, 4.69) is 68.1 Å². The summed E-state index contributed by atoms with van der Waals surface area (Å²) in [5.41, 5.74) is 19.0. The van der Waals surface area contributed by atoms with Crippen molar-refractivity contribution in [3.05, 3.63) is 120 Å². The van der Waals surface area contributed by atoms with Crippen molar-refractivity contribution in [3.8, 4) is 5.75 Å². The van der Waals surface area contributed by atoms with E-state index in [0.717, 1.165) is 43.2 Å². The second-order valence-electron chi connectivity index (χ2n) is 34.5. The first-order chi connectivity index (χ1) is 65.6. The van der Waals surface area contributed by atoms with Gasteiger partial charge in [0.15, 0.2) is 0 Å². The van der Waals surface area contributed by atoms with E-state index in [1.54, 1.807) is 86.6 Å². The summed E-state index contributed by atoms with van der Waals surface area (Å²) in [5, 5.41) is 70.6. The fraction of sp³-hybridized carbons (Fsp3) is 0.516. The molecule has 0 radical (unpaired) electrons. The Balaban J connectivity index is 1.11. The number of fused-ring (bicyclic) bond motifs is 4. The normalized spacial score (nSPS) is 24.7. The number of imidazole rings is 1. The number of aromatic amines is 2. The lowest BCUT2D eigenvalue weighted by atomic mass is 10.00. The summed E-state index contributed by atoms with van der Waals surface area (Å²) in [6.45, 7) is 2.66. The topological polar surface area (TPSA) is 678 Å². The van der Waals surface area contributed by atoms with Crippen LogP contribution in [0.15, 0.2) is 97.7 Å². The zero-order valence-electron chi connectivity index (χ0n) is 78.0. The van der Waals surface area contributed by atoms with Crippen LogP contribution in [-0.4, -0.2) is 340 Å². The number of amides is 18. The quantitative estimate of drug-likeness (QED) is 0.0230. The summed E-state index contributed by atoms with van der Waals surface area (Å²) in [6, 6.07) is -4.06. The van der Waals surface area contributed by atoms with Gasteiger partial charge in [0.05, 0.1) is 56.7 Å². The van der Waals surface area contributed by atoms with Crippen LogP contribution < -0.4 is 75.1 Å². The number of rotatable bonds is 27. The number of aliphatic carboxylic acids is 1. The third kappa shape index (κ3) is 29.0. The van der Waals surface area contributed by atoms with Crippen LogP contribution in [0.1, 0.15) is 127 Å². The smallest absolute Gasteiger partial charge is 0.323 e. The number of hydrogen-bond acceptors (Lipinski definition) is 25. The number of unbranched alkanes of at least 4 members (excludes halogenated alkanes) is 2. The van der Waals surface area contributed by atoms with Gasteiger partial charge in [0.2, 0.25) is 106 Å². The molecule has 6 aromatic rings. The molecule has 0 saturated carbocycles. The minimum Gasteiger partial charge on any atom is -0.497 e.